The van der Waals surface area contributed by atoms with Gasteiger partial charge in [-0.15, -0.1) is 0 Å². The molecule has 10 heavy (non-hydrogen) atoms. The van der Waals surface area contributed by atoms with Gasteiger partial charge in [-0.2, -0.15) is 5.10 Å². The minimum Gasteiger partial charge on any atom is -0.385 e. The minimum absolute atomic E-state index is 0.549. The first-order valence-corrected chi connectivity index (χ1v) is 3.53. The Bertz CT molecular complexity index is 214. The molecule has 1 saturated carbocycles. The second-order valence-electron chi connectivity index (χ2n) is 2.87. The van der Waals surface area contributed by atoms with Gasteiger partial charge in [-0.3, -0.25) is 5.10 Å². The van der Waals surface area contributed by atoms with Crippen molar-refractivity contribution in [2.24, 2.45) is 0 Å². The second kappa shape index (κ2) is 1.83. The van der Waals surface area contributed by atoms with E-state index in [9.17, 15) is 5.11 Å². The summed E-state index contributed by atoms with van der Waals surface area (Å²) < 4.78 is 0. The Balaban J connectivity index is 2.27. The Kier molecular flexibility index (Phi) is 1.08. The molecule has 0 unspecified atom stereocenters. The summed E-state index contributed by atoms with van der Waals surface area (Å²) in [5.41, 5.74) is 0.381. The van der Waals surface area contributed by atoms with E-state index in [4.69, 9.17) is 0 Å². The van der Waals surface area contributed by atoms with Crippen molar-refractivity contribution in [3.63, 3.8) is 0 Å². The summed E-state index contributed by atoms with van der Waals surface area (Å²) in [6.45, 7) is 0. The van der Waals surface area contributed by atoms with Crippen molar-refractivity contribution >= 4 is 0 Å². The zero-order valence-electron chi connectivity index (χ0n) is 5.67. The Labute approximate surface area is 59.1 Å². The Morgan fingerprint density at radius 2 is 2.40 bits per heavy atom. The molecule has 2 rings (SSSR count). The Morgan fingerprint density at radius 3 is 2.80 bits per heavy atom. The van der Waals surface area contributed by atoms with Crippen LogP contribution in [-0.2, 0) is 5.60 Å². The molecule has 1 fully saturated rings. The summed E-state index contributed by atoms with van der Waals surface area (Å²) in [7, 11) is 0. The van der Waals surface area contributed by atoms with Gasteiger partial charge in [0.2, 0.25) is 0 Å². The third-order valence-electron chi connectivity index (χ3n) is 2.22. The number of hydrogen-bond donors (Lipinski definition) is 2. The summed E-state index contributed by atoms with van der Waals surface area (Å²) in [5.74, 6) is 0. The molecule has 1 aliphatic carbocycles. The first kappa shape index (κ1) is 5.92. The first-order valence-electron chi connectivity index (χ1n) is 3.53. The van der Waals surface area contributed by atoms with E-state index < -0.39 is 5.60 Å². The van der Waals surface area contributed by atoms with E-state index in [2.05, 4.69) is 10.2 Å². The lowest BCUT2D eigenvalue weighted by molar-refractivity contribution is -0.0387. The maximum Gasteiger partial charge on any atom is 0.0926 e. The lowest BCUT2D eigenvalue weighted by Crippen LogP contribution is -2.33. The standard InChI is InChI=1S/C7H10N2O/c10-7(2-1-3-7)6-4-8-9-5-6/h4-5,10H,1-3H2,(H,8,9). The van der Waals surface area contributed by atoms with Crippen LogP contribution in [0.4, 0.5) is 0 Å². The van der Waals surface area contributed by atoms with Crippen LogP contribution >= 0.6 is 0 Å². The average molecular weight is 138 g/mol. The molecule has 3 heteroatoms. The Hall–Kier alpha value is -0.830. The molecule has 0 spiro atoms. The summed E-state index contributed by atoms with van der Waals surface area (Å²) >= 11 is 0. The molecule has 0 radical (unpaired) electrons. The number of aliphatic hydroxyl groups is 1. The van der Waals surface area contributed by atoms with E-state index in [1.54, 1.807) is 12.4 Å². The van der Waals surface area contributed by atoms with Crippen LogP contribution in [0.2, 0.25) is 0 Å². The minimum atomic E-state index is -0.549. The molecule has 1 heterocycles. The van der Waals surface area contributed by atoms with Gasteiger partial charge in [0.15, 0.2) is 0 Å². The van der Waals surface area contributed by atoms with Gasteiger partial charge in [0.25, 0.3) is 0 Å². The molecule has 0 amide bonds. The number of aromatic amines is 1. The van der Waals surface area contributed by atoms with Crippen molar-refractivity contribution in [3.8, 4) is 0 Å². The zero-order valence-corrected chi connectivity index (χ0v) is 5.67. The predicted octanol–water partition coefficient (Wildman–Crippen LogP) is 0.781. The van der Waals surface area contributed by atoms with Gasteiger partial charge >= 0.3 is 0 Å². The van der Waals surface area contributed by atoms with Crippen LogP contribution in [0.25, 0.3) is 0 Å². The van der Waals surface area contributed by atoms with Crippen molar-refractivity contribution in [2.75, 3.05) is 0 Å². The number of aromatic nitrogens is 2. The van der Waals surface area contributed by atoms with Crippen LogP contribution in [0.3, 0.4) is 0 Å². The highest BCUT2D eigenvalue weighted by Gasteiger charge is 2.36. The fourth-order valence-corrected chi connectivity index (χ4v) is 1.31. The molecule has 0 aliphatic heterocycles. The van der Waals surface area contributed by atoms with Crippen LogP contribution in [0, 0.1) is 0 Å². The lowest BCUT2D eigenvalue weighted by Gasteiger charge is -2.35. The smallest absolute Gasteiger partial charge is 0.0926 e. The number of H-pyrrole nitrogens is 1. The van der Waals surface area contributed by atoms with Crippen molar-refractivity contribution in [3.05, 3.63) is 18.0 Å². The molecular formula is C7H10N2O. The lowest BCUT2D eigenvalue weighted by atomic mass is 9.76. The monoisotopic (exact) mass is 138 g/mol. The summed E-state index contributed by atoms with van der Waals surface area (Å²) in [6.07, 6.45) is 6.35. The molecule has 1 aromatic heterocycles. The van der Waals surface area contributed by atoms with Crippen molar-refractivity contribution in [2.45, 2.75) is 24.9 Å². The topological polar surface area (TPSA) is 48.9 Å². The molecule has 54 valence electrons. The molecular weight excluding hydrogens is 128 g/mol. The second-order valence-corrected chi connectivity index (χ2v) is 2.87. The maximum atomic E-state index is 9.71. The van der Waals surface area contributed by atoms with Crippen molar-refractivity contribution in [1.29, 1.82) is 0 Å². The summed E-state index contributed by atoms with van der Waals surface area (Å²) in [4.78, 5) is 0. The first-order chi connectivity index (χ1) is 4.81. The predicted molar refractivity (Wildman–Crippen MR) is 36.3 cm³/mol. The largest absolute Gasteiger partial charge is 0.385 e. The van der Waals surface area contributed by atoms with Crippen LogP contribution in [0.15, 0.2) is 12.4 Å². The van der Waals surface area contributed by atoms with Gasteiger partial charge in [0.05, 0.1) is 11.8 Å². The van der Waals surface area contributed by atoms with Gasteiger partial charge in [-0.25, -0.2) is 0 Å². The fourth-order valence-electron chi connectivity index (χ4n) is 1.31. The van der Waals surface area contributed by atoms with E-state index in [0.717, 1.165) is 24.8 Å². The van der Waals surface area contributed by atoms with E-state index >= 15 is 0 Å². The third kappa shape index (κ3) is 0.671. The van der Waals surface area contributed by atoms with E-state index in [1.807, 2.05) is 0 Å². The number of nitrogens with one attached hydrogen (secondary N) is 1. The van der Waals surface area contributed by atoms with E-state index in [-0.39, 0.29) is 0 Å². The van der Waals surface area contributed by atoms with Gasteiger partial charge < -0.3 is 5.11 Å². The molecule has 3 nitrogen and oxygen atoms in total. The summed E-state index contributed by atoms with van der Waals surface area (Å²) in [6, 6.07) is 0. The maximum absolute atomic E-state index is 9.71. The van der Waals surface area contributed by atoms with Gasteiger partial charge in [0.1, 0.15) is 0 Å². The molecule has 1 aromatic rings. The number of nitrogens with zero attached hydrogens (tertiary/aromatic N) is 1. The molecule has 0 aromatic carbocycles. The van der Waals surface area contributed by atoms with Gasteiger partial charge in [-0.05, 0) is 19.3 Å². The zero-order chi connectivity index (χ0) is 7.03. The summed E-state index contributed by atoms with van der Waals surface area (Å²) in [5, 5.41) is 16.2. The normalized spacial score (nSPS) is 22.1. The van der Waals surface area contributed by atoms with Crippen LogP contribution in [0.1, 0.15) is 24.8 Å². The Morgan fingerprint density at radius 1 is 1.60 bits per heavy atom. The van der Waals surface area contributed by atoms with Crippen LogP contribution in [0.5, 0.6) is 0 Å². The quantitative estimate of drug-likeness (QED) is 0.602. The van der Waals surface area contributed by atoms with E-state index in [0.29, 0.717) is 0 Å². The molecule has 0 saturated heterocycles. The molecule has 1 aliphatic rings. The van der Waals surface area contributed by atoms with E-state index in [1.165, 1.54) is 0 Å². The highest BCUT2D eigenvalue weighted by molar-refractivity contribution is 5.17. The van der Waals surface area contributed by atoms with Crippen molar-refractivity contribution < 1.29 is 5.11 Å². The number of rotatable bonds is 1. The van der Waals surface area contributed by atoms with Crippen LogP contribution in [-0.4, -0.2) is 15.3 Å². The average Bonchev–Trinajstić information content (AvgIpc) is 2.33. The molecule has 0 atom stereocenters. The third-order valence-corrected chi connectivity index (χ3v) is 2.22. The fraction of sp³-hybridized carbons (Fsp3) is 0.571. The van der Waals surface area contributed by atoms with Gasteiger partial charge in [-0.1, -0.05) is 0 Å². The molecule has 2 N–H and O–H groups in total. The van der Waals surface area contributed by atoms with Gasteiger partial charge in [0, 0.05) is 11.8 Å². The SMILES string of the molecule is OC1(c2cn[nH]c2)CCC1. The van der Waals surface area contributed by atoms with Crippen molar-refractivity contribution in [1.82, 2.24) is 10.2 Å². The highest BCUT2D eigenvalue weighted by atomic mass is 16.3. The highest BCUT2D eigenvalue weighted by Crippen LogP contribution is 2.40. The van der Waals surface area contributed by atoms with Crippen LogP contribution < -0.4 is 0 Å². The molecule has 0 bridgehead atoms. The number of hydrogen-bond acceptors (Lipinski definition) is 2.